The SMILES string of the molecule is CCCCCC(C)(C)c1ccc(O)c(C(C)(c2ccccc2)c2ccccc2)c1. The van der Waals surface area contributed by atoms with Crippen molar-refractivity contribution in [3.63, 3.8) is 0 Å². The van der Waals surface area contributed by atoms with Crippen LogP contribution < -0.4 is 0 Å². The second-order valence-corrected chi connectivity index (χ2v) is 8.93. The molecule has 0 unspecified atom stereocenters. The van der Waals surface area contributed by atoms with Crippen LogP contribution in [0.4, 0.5) is 0 Å². The van der Waals surface area contributed by atoms with Crippen molar-refractivity contribution in [2.24, 2.45) is 0 Å². The van der Waals surface area contributed by atoms with Gasteiger partial charge in [-0.05, 0) is 41.5 Å². The van der Waals surface area contributed by atoms with Gasteiger partial charge in [0.1, 0.15) is 5.75 Å². The molecule has 0 saturated heterocycles. The van der Waals surface area contributed by atoms with Crippen LogP contribution in [0.3, 0.4) is 0 Å². The summed E-state index contributed by atoms with van der Waals surface area (Å²) in [6.07, 6.45) is 4.88. The summed E-state index contributed by atoms with van der Waals surface area (Å²) < 4.78 is 0. The van der Waals surface area contributed by atoms with Crippen molar-refractivity contribution in [2.75, 3.05) is 0 Å². The minimum absolute atomic E-state index is 0.0753. The molecule has 0 fully saturated rings. The zero-order valence-electron chi connectivity index (χ0n) is 18.3. The Hall–Kier alpha value is -2.54. The minimum Gasteiger partial charge on any atom is -0.508 e. The molecule has 0 spiro atoms. The Bertz CT molecular complexity index is 870. The van der Waals surface area contributed by atoms with E-state index in [1.165, 1.54) is 36.0 Å². The van der Waals surface area contributed by atoms with Gasteiger partial charge in [-0.25, -0.2) is 0 Å². The standard InChI is InChI=1S/C28H34O/c1-5-6-13-20-27(2,3)24-18-19-26(29)25(21-24)28(4,22-14-9-7-10-15-22)23-16-11-8-12-17-23/h7-12,14-19,21,29H,5-6,13,20H2,1-4H3. The maximum absolute atomic E-state index is 11.0. The lowest BCUT2D eigenvalue weighted by Crippen LogP contribution is -2.27. The normalized spacial score (nSPS) is 12.1. The van der Waals surface area contributed by atoms with Crippen molar-refractivity contribution in [3.05, 3.63) is 101 Å². The predicted octanol–water partition coefficient (Wildman–Crippen LogP) is 7.60. The third-order valence-electron chi connectivity index (χ3n) is 6.42. The van der Waals surface area contributed by atoms with Crippen molar-refractivity contribution in [3.8, 4) is 5.75 Å². The molecule has 0 saturated carbocycles. The number of rotatable bonds is 8. The summed E-state index contributed by atoms with van der Waals surface area (Å²) in [7, 11) is 0. The molecule has 0 heterocycles. The second-order valence-electron chi connectivity index (χ2n) is 8.93. The van der Waals surface area contributed by atoms with E-state index in [0.29, 0.717) is 5.75 Å². The topological polar surface area (TPSA) is 20.2 Å². The van der Waals surface area contributed by atoms with Gasteiger partial charge in [0.05, 0.1) is 0 Å². The third-order valence-corrected chi connectivity index (χ3v) is 6.42. The van der Waals surface area contributed by atoms with Crippen LogP contribution in [0.2, 0.25) is 0 Å². The van der Waals surface area contributed by atoms with Crippen molar-refractivity contribution in [2.45, 2.75) is 64.2 Å². The van der Waals surface area contributed by atoms with Crippen LogP contribution in [0.5, 0.6) is 5.75 Å². The fourth-order valence-corrected chi connectivity index (χ4v) is 4.34. The van der Waals surface area contributed by atoms with E-state index in [9.17, 15) is 5.11 Å². The lowest BCUT2D eigenvalue weighted by Gasteiger charge is -2.34. The monoisotopic (exact) mass is 386 g/mol. The zero-order valence-corrected chi connectivity index (χ0v) is 18.3. The molecular formula is C28H34O. The van der Waals surface area contributed by atoms with E-state index in [2.05, 4.69) is 88.4 Å². The highest BCUT2D eigenvalue weighted by Gasteiger charge is 2.34. The van der Waals surface area contributed by atoms with Crippen molar-refractivity contribution in [1.29, 1.82) is 0 Å². The van der Waals surface area contributed by atoms with Gasteiger partial charge >= 0.3 is 0 Å². The summed E-state index contributed by atoms with van der Waals surface area (Å²) >= 11 is 0. The lowest BCUT2D eigenvalue weighted by molar-refractivity contribution is 0.439. The Morgan fingerprint density at radius 2 is 1.24 bits per heavy atom. The molecule has 0 atom stereocenters. The molecular weight excluding hydrogens is 352 g/mol. The predicted molar refractivity (Wildman–Crippen MR) is 124 cm³/mol. The van der Waals surface area contributed by atoms with Gasteiger partial charge in [0.2, 0.25) is 0 Å². The van der Waals surface area contributed by atoms with E-state index in [1.807, 2.05) is 18.2 Å². The van der Waals surface area contributed by atoms with E-state index >= 15 is 0 Å². The first-order chi connectivity index (χ1) is 13.9. The lowest BCUT2D eigenvalue weighted by atomic mass is 9.69. The number of aromatic hydroxyl groups is 1. The first kappa shape index (κ1) is 21.2. The number of phenolic OH excluding ortho intramolecular Hbond substituents is 1. The fourth-order valence-electron chi connectivity index (χ4n) is 4.34. The Kier molecular flexibility index (Phi) is 6.47. The van der Waals surface area contributed by atoms with Gasteiger partial charge in [0, 0.05) is 11.0 Å². The maximum Gasteiger partial charge on any atom is 0.120 e. The first-order valence-corrected chi connectivity index (χ1v) is 10.8. The molecule has 1 N–H and O–H groups in total. The summed E-state index contributed by atoms with van der Waals surface area (Å²) in [6, 6.07) is 27.2. The Morgan fingerprint density at radius 3 is 1.76 bits per heavy atom. The molecule has 3 aromatic rings. The molecule has 0 bridgehead atoms. The van der Waals surface area contributed by atoms with Gasteiger partial charge in [-0.3, -0.25) is 0 Å². The second kappa shape index (κ2) is 8.86. The first-order valence-electron chi connectivity index (χ1n) is 10.8. The molecule has 29 heavy (non-hydrogen) atoms. The summed E-state index contributed by atoms with van der Waals surface area (Å²) in [5.74, 6) is 0.355. The van der Waals surface area contributed by atoms with Crippen LogP contribution in [-0.4, -0.2) is 5.11 Å². The van der Waals surface area contributed by atoms with E-state index in [-0.39, 0.29) is 5.41 Å². The van der Waals surface area contributed by atoms with Crippen LogP contribution in [0, 0.1) is 0 Å². The van der Waals surface area contributed by atoms with Gasteiger partial charge in [-0.1, -0.05) is 113 Å². The average Bonchev–Trinajstić information content (AvgIpc) is 2.75. The van der Waals surface area contributed by atoms with Crippen LogP contribution in [0.1, 0.15) is 75.6 Å². The Labute approximate surface area is 176 Å². The molecule has 0 aromatic heterocycles. The summed E-state index contributed by atoms with van der Waals surface area (Å²) in [5.41, 5.74) is 4.27. The van der Waals surface area contributed by atoms with E-state index < -0.39 is 5.41 Å². The van der Waals surface area contributed by atoms with Crippen molar-refractivity contribution < 1.29 is 5.11 Å². The highest BCUT2D eigenvalue weighted by Crippen LogP contribution is 2.44. The molecule has 3 rings (SSSR count). The number of unbranched alkanes of at least 4 members (excludes halogenated alkanes) is 2. The summed E-state index contributed by atoms with van der Waals surface area (Å²) in [6.45, 7) is 9.11. The molecule has 0 aliphatic carbocycles. The number of hydrogen-bond acceptors (Lipinski definition) is 1. The van der Waals surface area contributed by atoms with Crippen LogP contribution in [0.15, 0.2) is 78.9 Å². The molecule has 3 aromatic carbocycles. The highest BCUT2D eigenvalue weighted by molar-refractivity contribution is 5.55. The number of phenols is 1. The zero-order chi connectivity index (χ0) is 20.9. The quantitative estimate of drug-likeness (QED) is 0.312. The van der Waals surface area contributed by atoms with Gasteiger partial charge < -0.3 is 5.11 Å². The minimum atomic E-state index is -0.428. The Morgan fingerprint density at radius 1 is 0.690 bits per heavy atom. The van der Waals surface area contributed by atoms with Gasteiger partial charge in [-0.2, -0.15) is 0 Å². The molecule has 1 heteroatoms. The van der Waals surface area contributed by atoms with Crippen LogP contribution in [-0.2, 0) is 10.8 Å². The van der Waals surface area contributed by atoms with Gasteiger partial charge in [-0.15, -0.1) is 0 Å². The maximum atomic E-state index is 11.0. The number of benzene rings is 3. The fraction of sp³-hybridized carbons (Fsp3) is 0.357. The molecule has 0 aliphatic heterocycles. The molecule has 1 nitrogen and oxygen atoms in total. The van der Waals surface area contributed by atoms with Gasteiger partial charge in [0.15, 0.2) is 0 Å². The molecule has 0 radical (unpaired) electrons. The van der Waals surface area contributed by atoms with E-state index in [0.717, 1.165) is 12.0 Å². The Balaban J connectivity index is 2.14. The number of hydrogen-bond donors (Lipinski definition) is 1. The average molecular weight is 387 g/mol. The van der Waals surface area contributed by atoms with Crippen molar-refractivity contribution in [1.82, 2.24) is 0 Å². The van der Waals surface area contributed by atoms with Crippen LogP contribution in [0.25, 0.3) is 0 Å². The van der Waals surface area contributed by atoms with Crippen molar-refractivity contribution >= 4 is 0 Å². The molecule has 0 aliphatic rings. The van der Waals surface area contributed by atoms with E-state index in [1.54, 1.807) is 0 Å². The molecule has 0 amide bonds. The largest absolute Gasteiger partial charge is 0.508 e. The third kappa shape index (κ3) is 4.40. The molecule has 152 valence electrons. The summed E-state index contributed by atoms with van der Waals surface area (Å²) in [5, 5.41) is 11.0. The van der Waals surface area contributed by atoms with Gasteiger partial charge in [0.25, 0.3) is 0 Å². The van der Waals surface area contributed by atoms with Crippen LogP contribution >= 0.6 is 0 Å². The van der Waals surface area contributed by atoms with E-state index in [4.69, 9.17) is 0 Å². The smallest absolute Gasteiger partial charge is 0.120 e. The highest BCUT2D eigenvalue weighted by atomic mass is 16.3. The summed E-state index contributed by atoms with van der Waals surface area (Å²) in [4.78, 5) is 0.